The number of non-ortho nitro benzene ring substituents is 1. The van der Waals surface area contributed by atoms with E-state index in [1.165, 1.54) is 34.4 Å². The van der Waals surface area contributed by atoms with Crippen LogP contribution in [0.2, 0.25) is 0 Å². The molecule has 0 unspecified atom stereocenters. The van der Waals surface area contributed by atoms with Crippen molar-refractivity contribution in [3.8, 4) is 0 Å². The average molecular weight is 419 g/mol. The zero-order chi connectivity index (χ0) is 21.0. The molecule has 148 valence electrons. The van der Waals surface area contributed by atoms with Crippen LogP contribution in [0.15, 0.2) is 63.3 Å². The number of rotatable bonds is 3. The number of nitro groups is 1. The molecular weight excluding hydrogens is 406 g/mol. The van der Waals surface area contributed by atoms with Crippen molar-refractivity contribution in [2.45, 2.75) is 13.0 Å². The number of carbonyl (C=O) groups excluding carboxylic acids is 1. The highest BCUT2D eigenvalue weighted by molar-refractivity contribution is 7.13. The van der Waals surface area contributed by atoms with Crippen molar-refractivity contribution in [3.05, 3.63) is 96.8 Å². The Kier molecular flexibility index (Phi) is 4.00. The molecule has 0 radical (unpaired) electrons. The highest BCUT2D eigenvalue weighted by Crippen LogP contribution is 2.42. The third-order valence-electron chi connectivity index (χ3n) is 5.05. The fourth-order valence-corrected chi connectivity index (χ4v) is 4.41. The minimum Gasteiger partial charge on any atom is -0.450 e. The number of anilines is 1. The van der Waals surface area contributed by atoms with Gasteiger partial charge < -0.3 is 4.42 Å². The fraction of sp³-hybridized carbons (Fsp3) is 0.0952. The van der Waals surface area contributed by atoms with E-state index >= 15 is 0 Å². The van der Waals surface area contributed by atoms with Gasteiger partial charge in [0.25, 0.3) is 11.6 Å². The molecule has 30 heavy (non-hydrogen) atoms. The average Bonchev–Trinajstić information content (AvgIpc) is 3.35. The number of hydrogen-bond donors (Lipinski definition) is 0. The second kappa shape index (κ2) is 6.60. The molecule has 0 saturated carbocycles. The highest BCUT2D eigenvalue weighted by Gasteiger charge is 2.45. The molecule has 1 amide bonds. The van der Waals surface area contributed by atoms with E-state index in [-0.39, 0.29) is 22.4 Å². The maximum Gasteiger partial charge on any atom is 0.297 e. The van der Waals surface area contributed by atoms with Crippen LogP contribution in [0, 0.1) is 17.0 Å². The summed E-state index contributed by atoms with van der Waals surface area (Å²) in [6.45, 7) is 1.86. The summed E-state index contributed by atoms with van der Waals surface area (Å²) in [4.78, 5) is 43.1. The van der Waals surface area contributed by atoms with E-state index in [1.807, 2.05) is 6.92 Å². The molecule has 3 heterocycles. The summed E-state index contributed by atoms with van der Waals surface area (Å²) >= 11 is 1.23. The maximum atomic E-state index is 13.4. The first-order valence-electron chi connectivity index (χ1n) is 9.00. The lowest BCUT2D eigenvalue weighted by atomic mass is 9.98. The predicted molar refractivity (Wildman–Crippen MR) is 111 cm³/mol. The molecule has 0 bridgehead atoms. The van der Waals surface area contributed by atoms with Crippen molar-refractivity contribution in [3.63, 3.8) is 0 Å². The highest BCUT2D eigenvalue weighted by atomic mass is 32.1. The molecule has 0 aliphatic carbocycles. The first kappa shape index (κ1) is 18.2. The first-order valence-corrected chi connectivity index (χ1v) is 9.88. The van der Waals surface area contributed by atoms with Crippen molar-refractivity contribution < 1.29 is 14.1 Å². The summed E-state index contributed by atoms with van der Waals surface area (Å²) in [5.74, 6) is -0.570. The van der Waals surface area contributed by atoms with Crippen LogP contribution in [0.1, 0.15) is 33.3 Å². The van der Waals surface area contributed by atoms with E-state index in [0.717, 1.165) is 5.56 Å². The molecule has 4 aromatic rings. The Hall–Kier alpha value is -3.85. The lowest BCUT2D eigenvalue weighted by Gasteiger charge is -2.22. The van der Waals surface area contributed by atoms with E-state index in [9.17, 15) is 19.7 Å². The normalized spacial score (nSPS) is 15.6. The number of amides is 1. The van der Waals surface area contributed by atoms with Gasteiger partial charge in [-0.2, -0.15) is 0 Å². The van der Waals surface area contributed by atoms with Crippen molar-refractivity contribution in [2.24, 2.45) is 0 Å². The SMILES string of the molecule is Cc1ccc2oc3c(c(=O)c2c1)[C@H](c1cccc([N+](=O)[O-])c1)N(c1nccs1)C3=O. The summed E-state index contributed by atoms with van der Waals surface area (Å²) in [6, 6.07) is 10.2. The van der Waals surface area contributed by atoms with Crippen LogP contribution in [0.5, 0.6) is 0 Å². The Morgan fingerprint density at radius 2 is 2.03 bits per heavy atom. The third kappa shape index (κ3) is 2.63. The standard InChI is InChI=1S/C21H13N3O5S/c1-11-5-6-15-14(9-11)18(25)16-17(12-3-2-4-13(10-12)24(27)28)23(20(26)19(16)29-15)21-22-7-8-30-21/h2-10,17H,1H3/t17-/m0/s1. The topological polar surface area (TPSA) is 107 Å². The van der Waals surface area contributed by atoms with Crippen molar-refractivity contribution in [1.29, 1.82) is 0 Å². The van der Waals surface area contributed by atoms with E-state index in [2.05, 4.69) is 4.98 Å². The zero-order valence-corrected chi connectivity index (χ0v) is 16.4. The number of aromatic nitrogens is 1. The molecule has 9 heteroatoms. The molecule has 0 fully saturated rings. The lowest BCUT2D eigenvalue weighted by molar-refractivity contribution is -0.384. The van der Waals surface area contributed by atoms with Crippen molar-refractivity contribution in [2.75, 3.05) is 4.90 Å². The quantitative estimate of drug-likeness (QED) is 0.364. The molecule has 0 saturated heterocycles. The van der Waals surface area contributed by atoms with Gasteiger partial charge >= 0.3 is 0 Å². The smallest absolute Gasteiger partial charge is 0.297 e. The molecule has 1 aliphatic heterocycles. The molecule has 5 rings (SSSR count). The molecular formula is C21H13N3O5S. The van der Waals surface area contributed by atoms with Crippen LogP contribution in [-0.4, -0.2) is 15.8 Å². The summed E-state index contributed by atoms with van der Waals surface area (Å²) in [5.41, 5.74) is 1.33. The Labute approximate surface area is 173 Å². The summed E-state index contributed by atoms with van der Waals surface area (Å²) in [5, 5.41) is 13.8. The van der Waals surface area contributed by atoms with E-state index in [0.29, 0.717) is 21.7 Å². The van der Waals surface area contributed by atoms with Crippen molar-refractivity contribution in [1.82, 2.24) is 4.98 Å². The molecule has 8 nitrogen and oxygen atoms in total. The van der Waals surface area contributed by atoms with Crippen LogP contribution in [0.4, 0.5) is 10.8 Å². The van der Waals surface area contributed by atoms with Crippen LogP contribution < -0.4 is 10.3 Å². The summed E-state index contributed by atoms with van der Waals surface area (Å²) in [7, 11) is 0. The van der Waals surface area contributed by atoms with Gasteiger partial charge in [-0.15, -0.1) is 11.3 Å². The van der Waals surface area contributed by atoms with Crippen LogP contribution in [-0.2, 0) is 0 Å². The number of fused-ring (bicyclic) bond motifs is 2. The second-order valence-corrected chi connectivity index (χ2v) is 7.79. The van der Waals surface area contributed by atoms with Gasteiger partial charge in [0.05, 0.1) is 21.9 Å². The van der Waals surface area contributed by atoms with Gasteiger partial charge in [-0.25, -0.2) is 4.98 Å². The molecule has 1 aliphatic rings. The molecule has 2 aromatic carbocycles. The van der Waals surface area contributed by atoms with Gasteiger partial charge in [-0.1, -0.05) is 23.8 Å². The third-order valence-corrected chi connectivity index (χ3v) is 5.82. The summed E-state index contributed by atoms with van der Waals surface area (Å²) < 4.78 is 5.86. The zero-order valence-electron chi connectivity index (χ0n) is 15.6. The van der Waals surface area contributed by atoms with E-state index in [1.54, 1.807) is 35.8 Å². The van der Waals surface area contributed by atoms with Crippen molar-refractivity contribution >= 4 is 39.0 Å². The molecule has 1 atom stereocenters. The second-order valence-electron chi connectivity index (χ2n) is 6.92. The first-order chi connectivity index (χ1) is 14.5. The Morgan fingerprint density at radius 3 is 2.77 bits per heavy atom. The number of benzene rings is 2. The number of nitro benzene ring substituents is 1. The fourth-order valence-electron chi connectivity index (χ4n) is 3.74. The van der Waals surface area contributed by atoms with Gasteiger partial charge in [0, 0.05) is 23.7 Å². The lowest BCUT2D eigenvalue weighted by Crippen LogP contribution is -2.29. The minimum atomic E-state index is -0.875. The van der Waals surface area contributed by atoms with E-state index in [4.69, 9.17) is 4.42 Å². The Morgan fingerprint density at radius 1 is 1.20 bits per heavy atom. The van der Waals surface area contributed by atoms with Gasteiger partial charge in [0.15, 0.2) is 10.6 Å². The van der Waals surface area contributed by atoms with Crippen LogP contribution in [0.3, 0.4) is 0 Å². The van der Waals surface area contributed by atoms with E-state index < -0.39 is 16.9 Å². The minimum absolute atomic E-state index is 0.0666. The summed E-state index contributed by atoms with van der Waals surface area (Å²) in [6.07, 6.45) is 1.55. The van der Waals surface area contributed by atoms with Crippen LogP contribution >= 0.6 is 11.3 Å². The van der Waals surface area contributed by atoms with Gasteiger partial charge in [-0.3, -0.25) is 24.6 Å². The predicted octanol–water partition coefficient (Wildman–Crippen LogP) is 4.22. The molecule has 0 N–H and O–H groups in total. The number of nitrogens with zero attached hydrogens (tertiary/aromatic N) is 3. The van der Waals surface area contributed by atoms with Gasteiger partial charge in [0.1, 0.15) is 5.58 Å². The number of aryl methyl sites for hydroxylation is 1. The van der Waals surface area contributed by atoms with Gasteiger partial charge in [-0.05, 0) is 24.6 Å². The molecule has 2 aromatic heterocycles. The van der Waals surface area contributed by atoms with Crippen LogP contribution in [0.25, 0.3) is 11.0 Å². The Bertz CT molecular complexity index is 1390. The maximum absolute atomic E-state index is 13.4. The molecule has 0 spiro atoms. The number of hydrogen-bond acceptors (Lipinski definition) is 7. The Balaban J connectivity index is 1.83. The number of carbonyl (C=O) groups is 1. The van der Waals surface area contributed by atoms with Gasteiger partial charge in [0.2, 0.25) is 5.76 Å². The monoisotopic (exact) mass is 419 g/mol. The number of thiazole rings is 1. The largest absolute Gasteiger partial charge is 0.450 e.